The van der Waals surface area contributed by atoms with Crippen molar-refractivity contribution in [3.63, 3.8) is 0 Å². The number of nitrogens with one attached hydrogen (secondary N) is 2. The van der Waals surface area contributed by atoms with Crippen molar-refractivity contribution in [2.45, 2.75) is 6.92 Å². The molecule has 0 aliphatic carbocycles. The van der Waals surface area contributed by atoms with Crippen LogP contribution in [0.5, 0.6) is 5.75 Å². The summed E-state index contributed by atoms with van der Waals surface area (Å²) in [5.41, 5.74) is 2.78. The largest absolute Gasteiger partial charge is 0.495 e. The predicted octanol–water partition coefficient (Wildman–Crippen LogP) is 5.05. The monoisotopic (exact) mass is 367 g/mol. The highest BCUT2D eigenvalue weighted by Crippen LogP contribution is 2.31. The van der Waals surface area contributed by atoms with E-state index in [0.717, 1.165) is 11.3 Å². The molecule has 0 bridgehead atoms. The number of hydrogen-bond donors (Lipinski definition) is 2. The molecule has 3 aromatic rings. The minimum atomic E-state index is -0.274. The van der Waals surface area contributed by atoms with E-state index in [2.05, 4.69) is 15.6 Å². The van der Waals surface area contributed by atoms with E-state index in [1.165, 1.54) is 13.3 Å². The van der Waals surface area contributed by atoms with Crippen molar-refractivity contribution in [2.24, 2.45) is 0 Å². The number of para-hydroxylation sites is 1. The SMILES string of the molecule is COc1cc(Cl)c(C)cc1NC(=O)c1ccc(Nc2ccccc2)nc1. The average molecular weight is 368 g/mol. The molecule has 2 aromatic carbocycles. The van der Waals surface area contributed by atoms with Crippen molar-refractivity contribution in [3.8, 4) is 5.75 Å². The van der Waals surface area contributed by atoms with Crippen LogP contribution in [0, 0.1) is 6.92 Å². The molecule has 132 valence electrons. The second kappa shape index (κ2) is 7.89. The minimum Gasteiger partial charge on any atom is -0.495 e. The maximum Gasteiger partial charge on any atom is 0.257 e. The van der Waals surface area contributed by atoms with E-state index in [4.69, 9.17) is 16.3 Å². The highest BCUT2D eigenvalue weighted by Gasteiger charge is 2.12. The summed E-state index contributed by atoms with van der Waals surface area (Å²) in [4.78, 5) is 16.8. The van der Waals surface area contributed by atoms with E-state index < -0.39 is 0 Å². The van der Waals surface area contributed by atoms with Gasteiger partial charge in [-0.1, -0.05) is 29.8 Å². The number of methoxy groups -OCH3 is 1. The summed E-state index contributed by atoms with van der Waals surface area (Å²) in [5, 5.41) is 6.59. The van der Waals surface area contributed by atoms with Gasteiger partial charge in [-0.25, -0.2) is 4.98 Å². The first kappa shape index (κ1) is 17.8. The van der Waals surface area contributed by atoms with E-state index in [1.54, 1.807) is 24.3 Å². The molecule has 0 spiro atoms. The van der Waals surface area contributed by atoms with Crippen LogP contribution < -0.4 is 15.4 Å². The normalized spacial score (nSPS) is 10.3. The van der Waals surface area contributed by atoms with Crippen LogP contribution in [0.1, 0.15) is 15.9 Å². The van der Waals surface area contributed by atoms with Crippen LogP contribution in [-0.4, -0.2) is 18.0 Å². The molecule has 0 radical (unpaired) electrons. The maximum atomic E-state index is 12.5. The Labute approximate surface area is 157 Å². The van der Waals surface area contributed by atoms with Gasteiger partial charge in [-0.2, -0.15) is 0 Å². The van der Waals surface area contributed by atoms with E-state index in [0.29, 0.717) is 27.8 Å². The molecule has 0 aliphatic rings. The molecule has 1 heterocycles. The summed E-state index contributed by atoms with van der Waals surface area (Å²) in [6, 6.07) is 16.6. The smallest absolute Gasteiger partial charge is 0.257 e. The van der Waals surface area contributed by atoms with Crippen LogP contribution >= 0.6 is 11.6 Å². The lowest BCUT2D eigenvalue weighted by molar-refractivity contribution is 0.102. The van der Waals surface area contributed by atoms with Gasteiger partial charge in [0.25, 0.3) is 5.91 Å². The quantitative estimate of drug-likeness (QED) is 0.662. The molecular weight excluding hydrogens is 350 g/mol. The number of carbonyl (C=O) groups is 1. The van der Waals surface area contributed by atoms with Crippen molar-refractivity contribution < 1.29 is 9.53 Å². The number of benzene rings is 2. The molecule has 1 amide bonds. The Kier molecular flexibility index (Phi) is 5.39. The fourth-order valence-electron chi connectivity index (χ4n) is 2.40. The fraction of sp³-hybridized carbons (Fsp3) is 0.100. The lowest BCUT2D eigenvalue weighted by atomic mass is 10.2. The summed E-state index contributed by atoms with van der Waals surface area (Å²) < 4.78 is 5.28. The molecule has 5 nitrogen and oxygen atoms in total. The first-order valence-electron chi connectivity index (χ1n) is 8.00. The molecule has 2 N–H and O–H groups in total. The Bertz CT molecular complexity index is 912. The minimum absolute atomic E-state index is 0.274. The number of ether oxygens (including phenoxy) is 1. The van der Waals surface area contributed by atoms with Crippen LogP contribution in [0.15, 0.2) is 60.8 Å². The van der Waals surface area contributed by atoms with Gasteiger partial charge in [0.15, 0.2) is 0 Å². The van der Waals surface area contributed by atoms with Gasteiger partial charge >= 0.3 is 0 Å². The zero-order valence-electron chi connectivity index (χ0n) is 14.4. The van der Waals surface area contributed by atoms with Crippen LogP contribution in [0.4, 0.5) is 17.2 Å². The van der Waals surface area contributed by atoms with Crippen LogP contribution in [-0.2, 0) is 0 Å². The highest BCUT2D eigenvalue weighted by atomic mass is 35.5. The second-order valence-corrected chi connectivity index (χ2v) is 6.09. The molecule has 1 aromatic heterocycles. The van der Waals surface area contributed by atoms with Gasteiger partial charge in [-0.3, -0.25) is 4.79 Å². The Morgan fingerprint density at radius 1 is 1.12 bits per heavy atom. The molecule has 0 fully saturated rings. The van der Waals surface area contributed by atoms with Crippen molar-refractivity contribution >= 4 is 34.7 Å². The number of amides is 1. The number of rotatable bonds is 5. The van der Waals surface area contributed by atoms with Crippen molar-refractivity contribution in [3.05, 3.63) is 76.9 Å². The molecular formula is C20H18ClN3O2. The highest BCUT2D eigenvalue weighted by molar-refractivity contribution is 6.31. The average Bonchev–Trinajstić information content (AvgIpc) is 2.66. The zero-order valence-corrected chi connectivity index (χ0v) is 15.2. The summed E-state index contributed by atoms with van der Waals surface area (Å²) in [6.45, 7) is 1.86. The number of aryl methyl sites for hydroxylation is 1. The van der Waals surface area contributed by atoms with Crippen LogP contribution in [0.25, 0.3) is 0 Å². The standard InChI is InChI=1S/C20H18ClN3O2/c1-13-10-17(18(26-2)11-16(13)21)24-20(25)14-8-9-19(22-12-14)23-15-6-4-3-5-7-15/h3-12H,1-2H3,(H,22,23)(H,24,25). The van der Waals surface area contributed by atoms with Crippen molar-refractivity contribution in [1.29, 1.82) is 0 Å². The van der Waals surface area contributed by atoms with Gasteiger partial charge < -0.3 is 15.4 Å². The third-order valence-electron chi connectivity index (χ3n) is 3.80. The van der Waals surface area contributed by atoms with E-state index in [1.807, 2.05) is 37.3 Å². The van der Waals surface area contributed by atoms with Crippen molar-refractivity contribution in [2.75, 3.05) is 17.7 Å². The van der Waals surface area contributed by atoms with Crippen LogP contribution in [0.3, 0.4) is 0 Å². The second-order valence-electron chi connectivity index (χ2n) is 5.68. The third kappa shape index (κ3) is 4.13. The number of hydrogen-bond acceptors (Lipinski definition) is 4. The summed E-state index contributed by atoms with van der Waals surface area (Å²) >= 11 is 6.09. The molecule has 0 aliphatic heterocycles. The molecule has 26 heavy (non-hydrogen) atoms. The van der Waals surface area contributed by atoms with Gasteiger partial charge in [-0.15, -0.1) is 0 Å². The summed E-state index contributed by atoms with van der Waals surface area (Å²) in [6.07, 6.45) is 1.52. The van der Waals surface area contributed by atoms with Gasteiger partial charge in [0.05, 0.1) is 18.4 Å². The first-order chi connectivity index (χ1) is 12.6. The van der Waals surface area contributed by atoms with Crippen molar-refractivity contribution in [1.82, 2.24) is 4.98 Å². The maximum absolute atomic E-state index is 12.5. The van der Waals surface area contributed by atoms with Gasteiger partial charge in [0.1, 0.15) is 11.6 Å². The number of carbonyl (C=O) groups excluding carboxylic acids is 1. The molecule has 0 atom stereocenters. The summed E-state index contributed by atoms with van der Waals surface area (Å²) in [5.74, 6) is 0.890. The molecule has 0 saturated heterocycles. The Morgan fingerprint density at radius 2 is 1.88 bits per heavy atom. The first-order valence-corrected chi connectivity index (χ1v) is 8.38. The zero-order chi connectivity index (χ0) is 18.5. The van der Waals surface area contributed by atoms with Crippen LogP contribution in [0.2, 0.25) is 5.02 Å². The number of nitrogens with zero attached hydrogens (tertiary/aromatic N) is 1. The summed E-state index contributed by atoms with van der Waals surface area (Å²) in [7, 11) is 1.53. The topological polar surface area (TPSA) is 63.2 Å². The molecule has 3 rings (SSSR count). The van der Waals surface area contributed by atoms with E-state index in [9.17, 15) is 4.79 Å². The number of pyridine rings is 1. The number of anilines is 3. The lowest BCUT2D eigenvalue weighted by Gasteiger charge is -2.12. The Balaban J connectivity index is 1.73. The van der Waals surface area contributed by atoms with Gasteiger partial charge in [0.2, 0.25) is 0 Å². The number of aromatic nitrogens is 1. The molecule has 6 heteroatoms. The number of halogens is 1. The lowest BCUT2D eigenvalue weighted by Crippen LogP contribution is -2.13. The van der Waals surface area contributed by atoms with E-state index in [-0.39, 0.29) is 5.91 Å². The van der Waals surface area contributed by atoms with Gasteiger partial charge in [-0.05, 0) is 42.8 Å². The third-order valence-corrected chi connectivity index (χ3v) is 4.21. The van der Waals surface area contributed by atoms with E-state index >= 15 is 0 Å². The fourth-order valence-corrected chi connectivity index (χ4v) is 2.55. The Hall–Kier alpha value is -3.05. The van der Waals surface area contributed by atoms with Gasteiger partial charge in [0, 0.05) is 23.0 Å². The molecule has 0 saturated carbocycles. The predicted molar refractivity (Wildman–Crippen MR) is 105 cm³/mol. The Morgan fingerprint density at radius 3 is 2.54 bits per heavy atom. The molecule has 0 unspecified atom stereocenters.